The maximum absolute atomic E-state index is 12.0. The number of alkyl halides is 3. The Morgan fingerprint density at radius 1 is 1.41 bits per heavy atom. The van der Waals surface area contributed by atoms with Crippen LogP contribution in [-0.4, -0.2) is 6.18 Å². The number of hydrogen-bond donors (Lipinski definition) is 0. The zero-order valence-electron chi connectivity index (χ0n) is 8.55. The molecule has 17 heavy (non-hydrogen) atoms. The Bertz CT molecular complexity index is 427. The molecule has 4 nitrogen and oxygen atoms in total. The molecule has 1 aromatic carbocycles. The van der Waals surface area contributed by atoms with Crippen LogP contribution in [0.5, 0.6) is 0 Å². The van der Waals surface area contributed by atoms with Crippen molar-refractivity contribution in [3.63, 3.8) is 0 Å². The summed E-state index contributed by atoms with van der Waals surface area (Å²) in [6.45, 7) is 0. The van der Waals surface area contributed by atoms with E-state index in [1.807, 2.05) is 0 Å². The molecule has 90 valence electrons. The van der Waals surface area contributed by atoms with Gasteiger partial charge in [0.25, 0.3) is 0 Å². The van der Waals surface area contributed by atoms with Crippen LogP contribution in [0.4, 0.5) is 13.2 Å². The minimum Gasteiger partial charge on any atom is -0.834 e. The Morgan fingerprint density at radius 2 is 2.06 bits per heavy atom. The molecule has 0 saturated carbocycles. The summed E-state index contributed by atoms with van der Waals surface area (Å²) < 4.78 is 36.1. The fourth-order valence-corrected chi connectivity index (χ4v) is 1.26. The summed E-state index contributed by atoms with van der Waals surface area (Å²) in [6.07, 6.45) is -6.30. The molecule has 0 fully saturated rings. The molecule has 1 unspecified atom stereocenters. The van der Waals surface area contributed by atoms with Crippen LogP contribution in [0.3, 0.4) is 0 Å². The SMILES string of the molecule is [N-]=[N+]=NC([O-])c1ccccc1[CH+]CC(F)(F)F. The van der Waals surface area contributed by atoms with Crippen molar-refractivity contribution in [3.8, 4) is 0 Å². The number of nitrogens with zero attached hydrogens (tertiary/aromatic N) is 3. The number of rotatable bonds is 4. The first-order valence-corrected chi connectivity index (χ1v) is 4.63. The summed E-state index contributed by atoms with van der Waals surface area (Å²) in [4.78, 5) is 2.34. The lowest BCUT2D eigenvalue weighted by Crippen LogP contribution is -2.15. The summed E-state index contributed by atoms with van der Waals surface area (Å²) in [5, 5.41) is 14.3. The van der Waals surface area contributed by atoms with E-state index in [2.05, 4.69) is 10.0 Å². The van der Waals surface area contributed by atoms with Crippen molar-refractivity contribution in [1.29, 1.82) is 0 Å². The van der Waals surface area contributed by atoms with Gasteiger partial charge in [-0.25, -0.2) is 0 Å². The Hall–Kier alpha value is -1.85. The molecule has 0 N–H and O–H groups in total. The Labute approximate surface area is 95.3 Å². The molecule has 0 radical (unpaired) electrons. The highest BCUT2D eigenvalue weighted by Gasteiger charge is 2.30. The summed E-state index contributed by atoms with van der Waals surface area (Å²) in [6, 6.07) is 5.72. The molecule has 0 amide bonds. The fourth-order valence-electron chi connectivity index (χ4n) is 1.26. The monoisotopic (exact) mass is 243 g/mol. The molecule has 0 aliphatic carbocycles. The van der Waals surface area contributed by atoms with Crippen LogP contribution in [0.1, 0.15) is 23.8 Å². The van der Waals surface area contributed by atoms with Gasteiger partial charge in [0, 0.05) is 23.6 Å². The lowest BCUT2D eigenvalue weighted by atomic mass is 10.0. The minimum absolute atomic E-state index is 0.0366. The molecule has 7 heteroatoms. The predicted molar refractivity (Wildman–Crippen MR) is 52.4 cm³/mol. The topological polar surface area (TPSA) is 71.8 Å². The third kappa shape index (κ3) is 4.26. The number of azide groups is 1. The molecular weight excluding hydrogens is 235 g/mol. The number of halogens is 3. The smallest absolute Gasteiger partial charge is 0.403 e. The average Bonchev–Trinajstić information content (AvgIpc) is 2.26. The molecule has 0 heterocycles. The van der Waals surface area contributed by atoms with Gasteiger partial charge in [0.1, 0.15) is 12.0 Å². The third-order valence-electron chi connectivity index (χ3n) is 1.97. The van der Waals surface area contributed by atoms with E-state index < -0.39 is 18.8 Å². The quantitative estimate of drug-likeness (QED) is 0.347. The second-order valence-electron chi connectivity index (χ2n) is 3.21. The molecule has 0 aromatic heterocycles. The van der Waals surface area contributed by atoms with Crippen molar-refractivity contribution in [2.24, 2.45) is 5.11 Å². The summed E-state index contributed by atoms with van der Waals surface area (Å²) in [5.41, 5.74) is 8.29. The Kier molecular flexibility index (Phi) is 4.25. The Morgan fingerprint density at radius 3 is 2.65 bits per heavy atom. The standard InChI is InChI=1S/C10H8F3N3O/c11-10(12,13)6-5-7-3-1-2-4-8(7)9(17)15-16-14/h1-5,9H,6H2. The van der Waals surface area contributed by atoms with Crippen LogP contribution in [0.2, 0.25) is 0 Å². The number of benzene rings is 1. The first kappa shape index (κ1) is 13.2. The first-order chi connectivity index (χ1) is 7.94. The van der Waals surface area contributed by atoms with Gasteiger partial charge in [-0.3, -0.25) is 0 Å². The van der Waals surface area contributed by atoms with Gasteiger partial charge in [0.15, 0.2) is 0 Å². The van der Waals surface area contributed by atoms with Gasteiger partial charge < -0.3 is 5.11 Å². The van der Waals surface area contributed by atoms with Crippen molar-refractivity contribution in [2.75, 3.05) is 0 Å². The van der Waals surface area contributed by atoms with Crippen LogP contribution in [0.25, 0.3) is 10.4 Å². The molecule has 0 aliphatic heterocycles. The molecule has 1 atom stereocenters. The van der Waals surface area contributed by atoms with E-state index in [0.29, 0.717) is 0 Å². The lowest BCUT2D eigenvalue weighted by Gasteiger charge is -2.13. The summed E-state index contributed by atoms with van der Waals surface area (Å²) >= 11 is 0. The first-order valence-electron chi connectivity index (χ1n) is 4.63. The van der Waals surface area contributed by atoms with Crippen molar-refractivity contribution < 1.29 is 18.3 Å². The van der Waals surface area contributed by atoms with Gasteiger partial charge in [0.2, 0.25) is 0 Å². The van der Waals surface area contributed by atoms with Gasteiger partial charge in [-0.05, 0) is 23.7 Å². The second-order valence-corrected chi connectivity index (χ2v) is 3.21. The molecule has 0 bridgehead atoms. The van der Waals surface area contributed by atoms with Crippen molar-refractivity contribution in [2.45, 2.75) is 18.8 Å². The number of hydrogen-bond acceptors (Lipinski definition) is 2. The lowest BCUT2D eigenvalue weighted by molar-refractivity contribution is -0.424. The van der Waals surface area contributed by atoms with Crippen LogP contribution in [-0.2, 0) is 0 Å². The van der Waals surface area contributed by atoms with Gasteiger partial charge in [-0.1, -0.05) is 5.11 Å². The Balaban J connectivity index is 2.88. The highest BCUT2D eigenvalue weighted by atomic mass is 19.4. The largest absolute Gasteiger partial charge is 0.834 e. The third-order valence-corrected chi connectivity index (χ3v) is 1.97. The van der Waals surface area contributed by atoms with Crippen molar-refractivity contribution >= 4 is 0 Å². The van der Waals surface area contributed by atoms with Gasteiger partial charge >= 0.3 is 6.18 Å². The normalized spacial score (nSPS) is 12.7. The van der Waals surface area contributed by atoms with E-state index in [9.17, 15) is 18.3 Å². The molecule has 1 rings (SSSR count). The molecule has 0 spiro atoms. The zero-order chi connectivity index (χ0) is 12.9. The highest BCUT2D eigenvalue weighted by Crippen LogP contribution is 2.26. The molecular formula is C10H8F3N3O. The molecule has 0 saturated heterocycles. The average molecular weight is 243 g/mol. The van der Waals surface area contributed by atoms with Gasteiger partial charge in [-0.2, -0.15) is 13.2 Å². The van der Waals surface area contributed by atoms with E-state index in [1.165, 1.54) is 24.3 Å². The molecule has 0 aliphatic rings. The van der Waals surface area contributed by atoms with E-state index in [0.717, 1.165) is 6.42 Å². The maximum Gasteiger partial charge on any atom is 0.403 e. The second kappa shape index (κ2) is 5.47. The zero-order valence-corrected chi connectivity index (χ0v) is 8.55. The van der Waals surface area contributed by atoms with Crippen LogP contribution in [0, 0.1) is 6.42 Å². The van der Waals surface area contributed by atoms with E-state index in [-0.39, 0.29) is 11.1 Å². The van der Waals surface area contributed by atoms with Crippen molar-refractivity contribution in [3.05, 3.63) is 52.3 Å². The van der Waals surface area contributed by atoms with Gasteiger partial charge in [0.05, 0.1) is 5.56 Å². The summed E-state index contributed by atoms with van der Waals surface area (Å²) in [7, 11) is 0. The predicted octanol–water partition coefficient (Wildman–Crippen LogP) is 2.86. The van der Waals surface area contributed by atoms with E-state index in [1.54, 1.807) is 0 Å². The van der Waals surface area contributed by atoms with E-state index in [4.69, 9.17) is 5.53 Å². The van der Waals surface area contributed by atoms with Crippen LogP contribution in [0.15, 0.2) is 29.4 Å². The molecule has 1 aromatic rings. The van der Waals surface area contributed by atoms with Crippen LogP contribution < -0.4 is 5.11 Å². The van der Waals surface area contributed by atoms with E-state index >= 15 is 0 Å². The maximum atomic E-state index is 12.0. The fraction of sp³-hybridized carbons (Fsp3) is 0.300. The summed E-state index contributed by atoms with van der Waals surface area (Å²) in [5.74, 6) is 0. The highest BCUT2D eigenvalue weighted by molar-refractivity contribution is 5.34. The van der Waals surface area contributed by atoms with Gasteiger partial charge in [-0.15, -0.1) is 0 Å². The minimum atomic E-state index is -4.33. The van der Waals surface area contributed by atoms with Crippen molar-refractivity contribution in [1.82, 2.24) is 0 Å². The van der Waals surface area contributed by atoms with Crippen LogP contribution >= 0.6 is 0 Å².